The molecule has 0 amide bonds. The predicted molar refractivity (Wildman–Crippen MR) is 69.7 cm³/mol. The summed E-state index contributed by atoms with van der Waals surface area (Å²) in [5, 5.41) is 19.9. The lowest BCUT2D eigenvalue weighted by Gasteiger charge is -2.11. The van der Waals surface area contributed by atoms with E-state index in [2.05, 4.69) is 6.92 Å². The Kier molecular flexibility index (Phi) is 10.1. The highest BCUT2D eigenvalue weighted by Crippen LogP contribution is 2.12. The zero-order valence-electron chi connectivity index (χ0n) is 11.2. The van der Waals surface area contributed by atoms with Crippen LogP contribution >= 0.6 is 0 Å². The highest BCUT2D eigenvalue weighted by atomic mass is 16.6. The molecule has 1 N–H and O–H groups in total. The SMILES string of the molecule is CCCCCCCCCC[C@@H](O)[C@H](C)[N+](=O)[O-]. The van der Waals surface area contributed by atoms with Gasteiger partial charge in [0.1, 0.15) is 6.10 Å². The summed E-state index contributed by atoms with van der Waals surface area (Å²) in [7, 11) is 0. The number of aliphatic hydroxyl groups excluding tert-OH is 1. The molecule has 0 aromatic heterocycles. The second-order valence-electron chi connectivity index (χ2n) is 4.86. The Hall–Kier alpha value is -0.640. The van der Waals surface area contributed by atoms with Gasteiger partial charge < -0.3 is 5.11 Å². The minimum absolute atomic E-state index is 0.407. The first-order valence-electron chi connectivity index (χ1n) is 6.91. The molecule has 0 aromatic rings. The summed E-state index contributed by atoms with van der Waals surface area (Å²) in [4.78, 5) is 10.0. The third-order valence-electron chi connectivity index (χ3n) is 3.24. The van der Waals surface area contributed by atoms with Gasteiger partial charge in [-0.15, -0.1) is 0 Å². The molecule has 0 aromatic carbocycles. The Balaban J connectivity index is 3.30. The molecular formula is C13H27NO3. The van der Waals surface area contributed by atoms with Crippen LogP contribution in [0.25, 0.3) is 0 Å². The summed E-state index contributed by atoms with van der Waals surface area (Å²) in [5.41, 5.74) is 0. The van der Waals surface area contributed by atoms with Gasteiger partial charge in [0.25, 0.3) is 0 Å². The minimum atomic E-state index is -0.834. The number of hydrogen-bond acceptors (Lipinski definition) is 3. The van der Waals surface area contributed by atoms with Gasteiger partial charge in [-0.05, 0) is 6.42 Å². The van der Waals surface area contributed by atoms with Crippen LogP contribution in [0.15, 0.2) is 0 Å². The van der Waals surface area contributed by atoms with Gasteiger partial charge in [-0.3, -0.25) is 10.1 Å². The lowest BCUT2D eigenvalue weighted by Crippen LogP contribution is -2.30. The van der Waals surface area contributed by atoms with Crippen molar-refractivity contribution in [3.8, 4) is 0 Å². The van der Waals surface area contributed by atoms with E-state index in [1.807, 2.05) is 0 Å². The Labute approximate surface area is 105 Å². The van der Waals surface area contributed by atoms with Gasteiger partial charge in [-0.25, -0.2) is 0 Å². The second kappa shape index (κ2) is 10.5. The van der Waals surface area contributed by atoms with Crippen molar-refractivity contribution >= 4 is 0 Å². The average Bonchev–Trinajstić information content (AvgIpc) is 2.31. The van der Waals surface area contributed by atoms with Crippen LogP contribution in [0.4, 0.5) is 0 Å². The number of nitrogens with zero attached hydrogens (tertiary/aromatic N) is 1. The Bertz CT molecular complexity index is 197. The standard InChI is InChI=1S/C13H27NO3/c1-3-4-5-6-7-8-9-10-11-13(15)12(2)14(16)17/h12-13,15H,3-11H2,1-2H3/t12-,13+/m0/s1. The van der Waals surface area contributed by atoms with E-state index in [1.165, 1.54) is 45.4 Å². The van der Waals surface area contributed by atoms with E-state index in [0.717, 1.165) is 12.8 Å². The highest BCUT2D eigenvalue weighted by Gasteiger charge is 2.23. The van der Waals surface area contributed by atoms with Gasteiger partial charge in [0.05, 0.1) is 0 Å². The summed E-state index contributed by atoms with van der Waals surface area (Å²) in [5.74, 6) is 0. The van der Waals surface area contributed by atoms with Crippen molar-refractivity contribution in [1.82, 2.24) is 0 Å². The van der Waals surface area contributed by atoms with Crippen LogP contribution in [0, 0.1) is 10.1 Å². The van der Waals surface area contributed by atoms with Gasteiger partial charge in [-0.2, -0.15) is 0 Å². The quantitative estimate of drug-likeness (QED) is 0.344. The van der Waals surface area contributed by atoms with Crippen LogP contribution in [0.2, 0.25) is 0 Å². The van der Waals surface area contributed by atoms with Crippen molar-refractivity contribution in [3.63, 3.8) is 0 Å². The molecule has 0 aliphatic heterocycles. The molecule has 0 radical (unpaired) electrons. The van der Waals surface area contributed by atoms with Crippen LogP contribution in [-0.2, 0) is 0 Å². The van der Waals surface area contributed by atoms with Gasteiger partial charge in [0.15, 0.2) is 0 Å². The Morgan fingerprint density at radius 3 is 2.00 bits per heavy atom. The molecule has 0 saturated heterocycles. The molecule has 102 valence electrons. The topological polar surface area (TPSA) is 63.4 Å². The van der Waals surface area contributed by atoms with Crippen molar-refractivity contribution in [2.75, 3.05) is 0 Å². The number of nitro groups is 1. The Morgan fingerprint density at radius 1 is 1.06 bits per heavy atom. The molecule has 0 spiro atoms. The molecule has 2 atom stereocenters. The van der Waals surface area contributed by atoms with E-state index in [9.17, 15) is 15.2 Å². The number of hydrogen-bond donors (Lipinski definition) is 1. The molecule has 0 unspecified atom stereocenters. The third-order valence-corrected chi connectivity index (χ3v) is 3.24. The van der Waals surface area contributed by atoms with E-state index >= 15 is 0 Å². The first-order valence-corrected chi connectivity index (χ1v) is 6.91. The van der Waals surface area contributed by atoms with Crippen LogP contribution in [-0.4, -0.2) is 22.2 Å². The number of rotatable bonds is 11. The first-order chi connectivity index (χ1) is 8.09. The maximum Gasteiger partial charge on any atom is 0.235 e. The molecule has 0 rings (SSSR count). The number of aliphatic hydroxyl groups is 1. The van der Waals surface area contributed by atoms with Gasteiger partial charge in [-0.1, -0.05) is 58.3 Å². The maximum atomic E-state index is 10.4. The van der Waals surface area contributed by atoms with E-state index < -0.39 is 17.1 Å². The largest absolute Gasteiger partial charge is 0.386 e. The van der Waals surface area contributed by atoms with E-state index in [1.54, 1.807) is 0 Å². The smallest absolute Gasteiger partial charge is 0.235 e. The molecule has 0 aliphatic carbocycles. The molecule has 0 fully saturated rings. The van der Waals surface area contributed by atoms with Gasteiger partial charge in [0.2, 0.25) is 6.04 Å². The summed E-state index contributed by atoms with van der Waals surface area (Å²) < 4.78 is 0. The van der Waals surface area contributed by atoms with Crippen LogP contribution in [0.1, 0.15) is 71.6 Å². The van der Waals surface area contributed by atoms with Gasteiger partial charge in [0, 0.05) is 11.8 Å². The molecule has 0 heterocycles. The molecular weight excluding hydrogens is 218 g/mol. The van der Waals surface area contributed by atoms with Crippen LogP contribution < -0.4 is 0 Å². The summed E-state index contributed by atoms with van der Waals surface area (Å²) in [6.07, 6.45) is 9.37. The zero-order chi connectivity index (χ0) is 13.1. The summed E-state index contributed by atoms with van der Waals surface area (Å²) >= 11 is 0. The van der Waals surface area contributed by atoms with Crippen molar-refractivity contribution in [3.05, 3.63) is 10.1 Å². The monoisotopic (exact) mass is 245 g/mol. The minimum Gasteiger partial charge on any atom is -0.386 e. The molecule has 4 nitrogen and oxygen atoms in total. The van der Waals surface area contributed by atoms with E-state index in [0.29, 0.717) is 6.42 Å². The molecule has 4 heteroatoms. The lowest BCUT2D eigenvalue weighted by molar-refractivity contribution is -0.530. The lowest BCUT2D eigenvalue weighted by atomic mass is 10.0. The highest BCUT2D eigenvalue weighted by molar-refractivity contribution is 4.63. The van der Waals surface area contributed by atoms with E-state index in [4.69, 9.17) is 0 Å². The van der Waals surface area contributed by atoms with Crippen molar-refractivity contribution in [2.45, 2.75) is 83.8 Å². The fraction of sp³-hybridized carbons (Fsp3) is 1.00. The second-order valence-corrected chi connectivity index (χ2v) is 4.86. The van der Waals surface area contributed by atoms with Crippen LogP contribution in [0.3, 0.4) is 0 Å². The van der Waals surface area contributed by atoms with Crippen molar-refractivity contribution in [1.29, 1.82) is 0 Å². The molecule has 0 saturated carbocycles. The van der Waals surface area contributed by atoms with Crippen molar-refractivity contribution < 1.29 is 10.0 Å². The Morgan fingerprint density at radius 2 is 1.53 bits per heavy atom. The molecule has 0 aliphatic rings. The van der Waals surface area contributed by atoms with Crippen molar-refractivity contribution in [2.24, 2.45) is 0 Å². The normalized spacial score (nSPS) is 14.5. The predicted octanol–water partition coefficient (Wildman–Crippen LogP) is 3.54. The number of unbranched alkanes of at least 4 members (excludes halogenated alkanes) is 7. The maximum absolute atomic E-state index is 10.4. The first kappa shape index (κ1) is 16.4. The van der Waals surface area contributed by atoms with E-state index in [-0.39, 0.29) is 0 Å². The average molecular weight is 245 g/mol. The molecule has 0 bridgehead atoms. The fourth-order valence-corrected chi connectivity index (χ4v) is 1.87. The summed E-state index contributed by atoms with van der Waals surface area (Å²) in [6, 6.07) is -0.834. The van der Waals surface area contributed by atoms with Gasteiger partial charge >= 0.3 is 0 Å². The zero-order valence-corrected chi connectivity index (χ0v) is 11.2. The molecule has 17 heavy (non-hydrogen) atoms. The third kappa shape index (κ3) is 9.10. The summed E-state index contributed by atoms with van der Waals surface area (Å²) in [6.45, 7) is 3.67. The fourth-order valence-electron chi connectivity index (χ4n) is 1.87. The van der Waals surface area contributed by atoms with Crippen LogP contribution in [0.5, 0.6) is 0 Å².